The monoisotopic (exact) mass is 376 g/mol. The second kappa shape index (κ2) is 6.34. The number of fused-ring (bicyclic) bond motifs is 2. The van der Waals surface area contributed by atoms with Crippen molar-refractivity contribution in [3.8, 4) is 0 Å². The van der Waals surface area contributed by atoms with Crippen LogP contribution in [0.2, 0.25) is 5.28 Å². The Bertz CT molecular complexity index is 803. The number of amides is 1. The molecule has 2 unspecified atom stereocenters. The number of carbonyl (C=O) groups is 1. The van der Waals surface area contributed by atoms with Crippen LogP contribution >= 0.6 is 11.6 Å². The Morgan fingerprint density at radius 1 is 1.46 bits per heavy atom. The summed E-state index contributed by atoms with van der Waals surface area (Å²) in [5, 5.41) is 3.45. The minimum absolute atomic E-state index is 0.0507. The van der Waals surface area contributed by atoms with Crippen molar-refractivity contribution in [2.75, 3.05) is 11.9 Å². The Kier molecular flexibility index (Phi) is 4.26. The molecular formula is C19H22ClFN4O. The summed E-state index contributed by atoms with van der Waals surface area (Å²) in [5.41, 5.74) is 0.459. The van der Waals surface area contributed by atoms with Gasteiger partial charge in [-0.2, -0.15) is 0 Å². The number of rotatable bonds is 5. The number of nitrogens with zero attached hydrogens (tertiary/aromatic N) is 3. The van der Waals surface area contributed by atoms with Crippen LogP contribution in [-0.2, 0) is 11.3 Å². The van der Waals surface area contributed by atoms with Crippen molar-refractivity contribution in [1.29, 1.82) is 0 Å². The van der Waals surface area contributed by atoms with Gasteiger partial charge >= 0.3 is 0 Å². The maximum absolute atomic E-state index is 13.9. The van der Waals surface area contributed by atoms with Gasteiger partial charge in [-0.25, -0.2) is 14.4 Å². The normalized spacial score (nSPS) is 25.7. The predicted molar refractivity (Wildman–Crippen MR) is 98.2 cm³/mol. The number of aromatic nitrogens is 2. The largest absolute Gasteiger partial charge is 0.369 e. The lowest BCUT2D eigenvalue weighted by Gasteiger charge is -2.27. The third kappa shape index (κ3) is 2.90. The van der Waals surface area contributed by atoms with Gasteiger partial charge in [0.1, 0.15) is 11.6 Å². The third-order valence-electron chi connectivity index (χ3n) is 5.49. The first-order valence-corrected chi connectivity index (χ1v) is 9.40. The highest BCUT2D eigenvalue weighted by Crippen LogP contribution is 2.61. The van der Waals surface area contributed by atoms with Gasteiger partial charge in [0.15, 0.2) is 0 Å². The zero-order valence-electron chi connectivity index (χ0n) is 14.9. The topological polar surface area (TPSA) is 58.1 Å². The van der Waals surface area contributed by atoms with Crippen LogP contribution in [0.15, 0.2) is 30.3 Å². The molecule has 2 aliphatic carbocycles. The van der Waals surface area contributed by atoms with E-state index >= 15 is 0 Å². The maximum Gasteiger partial charge on any atom is 0.230 e. The molecule has 7 heteroatoms. The summed E-state index contributed by atoms with van der Waals surface area (Å²) in [7, 11) is 0. The molecule has 1 aromatic rings. The van der Waals surface area contributed by atoms with Crippen LogP contribution in [0.25, 0.3) is 0 Å². The third-order valence-corrected chi connectivity index (χ3v) is 5.67. The minimum Gasteiger partial charge on any atom is -0.369 e. The van der Waals surface area contributed by atoms with Crippen molar-refractivity contribution < 1.29 is 9.18 Å². The lowest BCUT2D eigenvalue weighted by molar-refractivity contribution is -0.133. The molecule has 2 fully saturated rings. The Morgan fingerprint density at radius 2 is 2.23 bits per heavy atom. The first-order valence-electron chi connectivity index (χ1n) is 9.02. The van der Waals surface area contributed by atoms with E-state index in [4.69, 9.17) is 11.6 Å². The van der Waals surface area contributed by atoms with E-state index in [9.17, 15) is 9.18 Å². The summed E-state index contributed by atoms with van der Waals surface area (Å²) in [6.45, 7) is 5.28. The first-order chi connectivity index (χ1) is 12.4. The SMILES string of the molecule is CC(C)CNc1nc(Cl)ncc1CN1C(=O)C2(CC2)C2C=CC(F)=CC21. The number of allylic oxidation sites excluding steroid dienone is 2. The molecule has 3 aliphatic rings. The number of anilines is 1. The quantitative estimate of drug-likeness (QED) is 0.795. The number of halogens is 2. The lowest BCUT2D eigenvalue weighted by Crippen LogP contribution is -2.34. The van der Waals surface area contributed by atoms with Crippen LogP contribution < -0.4 is 5.32 Å². The molecule has 1 aliphatic heterocycles. The molecule has 2 heterocycles. The van der Waals surface area contributed by atoms with Gasteiger partial charge in [0.25, 0.3) is 0 Å². The van der Waals surface area contributed by atoms with Crippen LogP contribution in [0.1, 0.15) is 32.3 Å². The van der Waals surface area contributed by atoms with E-state index in [2.05, 4.69) is 29.1 Å². The van der Waals surface area contributed by atoms with Gasteiger partial charge in [-0.05, 0) is 42.5 Å². The van der Waals surface area contributed by atoms with E-state index in [0.29, 0.717) is 18.3 Å². The number of hydrogen-bond donors (Lipinski definition) is 1. The highest BCUT2D eigenvalue weighted by molar-refractivity contribution is 6.28. The van der Waals surface area contributed by atoms with E-state index in [1.54, 1.807) is 17.2 Å². The minimum atomic E-state index is -0.336. The Hall–Kier alpha value is -1.95. The molecule has 1 spiro atoms. The first kappa shape index (κ1) is 17.5. The average molecular weight is 377 g/mol. The van der Waals surface area contributed by atoms with Gasteiger partial charge in [-0.1, -0.05) is 19.9 Å². The van der Waals surface area contributed by atoms with Crippen molar-refractivity contribution in [3.63, 3.8) is 0 Å². The van der Waals surface area contributed by atoms with E-state index in [1.165, 1.54) is 6.08 Å². The summed E-state index contributed by atoms with van der Waals surface area (Å²) in [6.07, 6.45) is 8.31. The van der Waals surface area contributed by atoms with Crippen molar-refractivity contribution in [3.05, 3.63) is 41.1 Å². The maximum atomic E-state index is 13.9. The van der Waals surface area contributed by atoms with Crippen LogP contribution in [-0.4, -0.2) is 33.4 Å². The number of likely N-dealkylation sites (tertiary alicyclic amines) is 1. The molecule has 5 nitrogen and oxygen atoms in total. The summed E-state index contributed by atoms with van der Waals surface area (Å²) in [6, 6.07) is -0.247. The molecule has 0 radical (unpaired) electrons. The Balaban J connectivity index is 1.63. The highest BCUT2D eigenvalue weighted by atomic mass is 35.5. The summed E-state index contributed by atoms with van der Waals surface area (Å²) in [5.74, 6) is 0.940. The highest BCUT2D eigenvalue weighted by Gasteiger charge is 2.64. The van der Waals surface area contributed by atoms with Gasteiger partial charge < -0.3 is 10.2 Å². The van der Waals surface area contributed by atoms with E-state index in [-0.39, 0.29) is 34.4 Å². The average Bonchev–Trinajstić information content (AvgIpc) is 3.36. The summed E-state index contributed by atoms with van der Waals surface area (Å²) >= 11 is 5.95. The van der Waals surface area contributed by atoms with E-state index in [1.807, 2.05) is 6.08 Å². The van der Waals surface area contributed by atoms with Crippen molar-refractivity contribution in [2.45, 2.75) is 39.3 Å². The molecule has 26 heavy (non-hydrogen) atoms. The smallest absolute Gasteiger partial charge is 0.230 e. The second-order valence-electron chi connectivity index (χ2n) is 7.80. The van der Waals surface area contributed by atoms with E-state index < -0.39 is 0 Å². The molecule has 1 N–H and O–H groups in total. The Labute approximate surface area is 157 Å². The predicted octanol–water partition coefficient (Wildman–Crippen LogP) is 3.73. The van der Waals surface area contributed by atoms with Gasteiger partial charge in [-0.15, -0.1) is 0 Å². The lowest BCUT2D eigenvalue weighted by atomic mass is 9.84. The number of hydrogen-bond acceptors (Lipinski definition) is 4. The Morgan fingerprint density at radius 3 is 2.92 bits per heavy atom. The molecule has 0 bridgehead atoms. The number of carbonyl (C=O) groups excluding carboxylic acids is 1. The van der Waals surface area contributed by atoms with Crippen LogP contribution in [0.5, 0.6) is 0 Å². The molecule has 1 aromatic heterocycles. The van der Waals surface area contributed by atoms with Crippen LogP contribution in [0, 0.1) is 17.3 Å². The van der Waals surface area contributed by atoms with E-state index in [0.717, 1.165) is 24.9 Å². The molecule has 2 atom stereocenters. The standard InChI is InChI=1S/C19H22ClFN4O/c1-11(2)8-22-16-12(9-23-18(20)24-16)10-25-15-7-13(21)3-4-14(15)19(5-6-19)17(25)26/h3-4,7,9,11,14-15H,5-6,8,10H2,1-2H3,(H,22,23,24). The second-order valence-corrected chi connectivity index (χ2v) is 8.14. The van der Waals surface area contributed by atoms with Gasteiger partial charge in [-0.3, -0.25) is 4.79 Å². The fourth-order valence-corrected chi connectivity index (χ4v) is 4.12. The van der Waals surface area contributed by atoms with Crippen LogP contribution in [0.4, 0.5) is 10.2 Å². The molecule has 1 saturated carbocycles. The molecule has 1 amide bonds. The molecule has 0 aromatic carbocycles. The summed E-state index contributed by atoms with van der Waals surface area (Å²) in [4.78, 5) is 23.2. The van der Waals surface area contributed by atoms with Gasteiger partial charge in [0.05, 0.1) is 18.0 Å². The zero-order chi connectivity index (χ0) is 18.5. The van der Waals surface area contributed by atoms with Crippen molar-refractivity contribution >= 4 is 23.3 Å². The zero-order valence-corrected chi connectivity index (χ0v) is 15.6. The molecule has 1 saturated heterocycles. The molecule has 138 valence electrons. The van der Waals surface area contributed by atoms with Gasteiger partial charge in [0.2, 0.25) is 11.2 Å². The van der Waals surface area contributed by atoms with Crippen molar-refractivity contribution in [1.82, 2.24) is 14.9 Å². The molecule has 4 rings (SSSR count). The van der Waals surface area contributed by atoms with Gasteiger partial charge in [0, 0.05) is 24.2 Å². The summed E-state index contributed by atoms with van der Waals surface area (Å²) < 4.78 is 13.9. The fourth-order valence-electron chi connectivity index (χ4n) is 3.99. The van der Waals surface area contributed by atoms with Crippen molar-refractivity contribution in [2.24, 2.45) is 17.3 Å². The molecular weight excluding hydrogens is 355 g/mol. The fraction of sp³-hybridized carbons (Fsp3) is 0.526. The van der Waals surface area contributed by atoms with Crippen LogP contribution in [0.3, 0.4) is 0 Å². The number of nitrogens with one attached hydrogen (secondary N) is 1.